The zero-order valence-corrected chi connectivity index (χ0v) is 19.5. The van der Waals surface area contributed by atoms with Gasteiger partial charge in [0, 0.05) is 13.1 Å². The van der Waals surface area contributed by atoms with Gasteiger partial charge >= 0.3 is 10.1 Å². The molecule has 172 valence electrons. The molecule has 0 spiro atoms. The summed E-state index contributed by atoms with van der Waals surface area (Å²) in [7, 11) is -3.97. The van der Waals surface area contributed by atoms with Crippen molar-refractivity contribution >= 4 is 45.0 Å². The topological polar surface area (TPSA) is 101 Å². The van der Waals surface area contributed by atoms with Crippen molar-refractivity contribution in [2.24, 2.45) is 0 Å². The van der Waals surface area contributed by atoms with Crippen LogP contribution in [0.1, 0.15) is 24.0 Å². The second kappa shape index (κ2) is 9.40. The number of amides is 3. The monoisotopic (exact) mass is 486 g/mol. The van der Waals surface area contributed by atoms with Gasteiger partial charge in [-0.3, -0.25) is 19.3 Å². The molecular formula is C23H22N2O6S2. The minimum absolute atomic E-state index is 0.0503. The first-order valence-electron chi connectivity index (χ1n) is 10.4. The highest BCUT2D eigenvalue weighted by Gasteiger charge is 2.37. The summed E-state index contributed by atoms with van der Waals surface area (Å²) in [6.07, 6.45) is 3.39. The Labute approximate surface area is 196 Å². The van der Waals surface area contributed by atoms with Crippen LogP contribution in [0.2, 0.25) is 0 Å². The molecule has 2 aromatic rings. The lowest BCUT2D eigenvalue weighted by Crippen LogP contribution is -2.40. The molecule has 0 saturated carbocycles. The number of carbonyl (C=O) groups excluding carboxylic acids is 3. The Morgan fingerprint density at radius 1 is 1.03 bits per heavy atom. The van der Waals surface area contributed by atoms with Crippen LogP contribution in [0.25, 0.3) is 6.08 Å². The van der Waals surface area contributed by atoms with Gasteiger partial charge in [-0.1, -0.05) is 29.8 Å². The second-order valence-electron chi connectivity index (χ2n) is 7.78. The highest BCUT2D eigenvalue weighted by Crippen LogP contribution is 2.32. The van der Waals surface area contributed by atoms with Gasteiger partial charge in [0.15, 0.2) is 0 Å². The van der Waals surface area contributed by atoms with Crippen LogP contribution in [0.3, 0.4) is 0 Å². The maximum atomic E-state index is 12.6. The number of imide groups is 1. The van der Waals surface area contributed by atoms with E-state index in [-0.39, 0.29) is 28.0 Å². The lowest BCUT2D eigenvalue weighted by Gasteiger charge is -2.18. The fraction of sp³-hybridized carbons (Fsp3) is 0.261. The molecule has 8 nitrogen and oxygen atoms in total. The predicted molar refractivity (Wildman–Crippen MR) is 124 cm³/mol. The fourth-order valence-electron chi connectivity index (χ4n) is 3.49. The molecule has 2 aliphatic rings. The van der Waals surface area contributed by atoms with E-state index < -0.39 is 21.3 Å². The van der Waals surface area contributed by atoms with Crippen LogP contribution in [-0.2, 0) is 19.7 Å². The zero-order chi connectivity index (χ0) is 23.6. The van der Waals surface area contributed by atoms with E-state index in [2.05, 4.69) is 0 Å². The standard InChI is InChI=1S/C23H22N2O6S2/c1-16-4-10-19(11-5-16)33(29,30)31-18-8-6-17(7-9-18)14-20-22(27)25(23(28)32-20)15-21(26)24-12-2-3-13-24/h4-11,14H,2-3,12-13,15H2,1H3/b20-14-. The molecule has 0 radical (unpaired) electrons. The van der Waals surface area contributed by atoms with E-state index in [4.69, 9.17) is 4.18 Å². The van der Waals surface area contributed by atoms with Gasteiger partial charge in [-0.15, -0.1) is 0 Å². The van der Waals surface area contributed by atoms with Gasteiger partial charge in [0.2, 0.25) is 5.91 Å². The first-order chi connectivity index (χ1) is 15.7. The van der Waals surface area contributed by atoms with E-state index in [0.29, 0.717) is 18.7 Å². The summed E-state index contributed by atoms with van der Waals surface area (Å²) in [6.45, 7) is 2.90. The van der Waals surface area contributed by atoms with Gasteiger partial charge in [-0.05, 0) is 67.4 Å². The third kappa shape index (κ3) is 5.28. The molecule has 2 aliphatic heterocycles. The molecule has 0 N–H and O–H groups in total. The number of carbonyl (C=O) groups is 3. The number of likely N-dealkylation sites (tertiary alicyclic amines) is 1. The Hall–Kier alpha value is -3.11. The van der Waals surface area contributed by atoms with Crippen molar-refractivity contribution in [1.29, 1.82) is 0 Å². The number of thioether (sulfide) groups is 1. The minimum Gasteiger partial charge on any atom is -0.379 e. The number of nitrogens with zero attached hydrogens (tertiary/aromatic N) is 2. The molecule has 0 aromatic heterocycles. The van der Waals surface area contributed by atoms with Gasteiger partial charge in [-0.25, -0.2) is 0 Å². The van der Waals surface area contributed by atoms with Gasteiger partial charge in [0.1, 0.15) is 17.2 Å². The highest BCUT2D eigenvalue weighted by molar-refractivity contribution is 8.18. The Morgan fingerprint density at radius 2 is 1.67 bits per heavy atom. The molecule has 2 fully saturated rings. The molecule has 4 rings (SSSR count). The third-order valence-electron chi connectivity index (χ3n) is 5.32. The van der Waals surface area contributed by atoms with Crippen molar-refractivity contribution in [3.05, 3.63) is 64.6 Å². The van der Waals surface area contributed by atoms with E-state index in [9.17, 15) is 22.8 Å². The summed E-state index contributed by atoms with van der Waals surface area (Å²) in [5.41, 5.74) is 1.52. The third-order valence-corrected chi connectivity index (χ3v) is 7.49. The molecule has 0 bridgehead atoms. The van der Waals surface area contributed by atoms with Crippen molar-refractivity contribution < 1.29 is 27.0 Å². The number of hydrogen-bond acceptors (Lipinski definition) is 7. The summed E-state index contributed by atoms with van der Waals surface area (Å²) in [6, 6.07) is 12.4. The van der Waals surface area contributed by atoms with E-state index >= 15 is 0 Å². The normalized spacial score (nSPS) is 17.8. The highest BCUT2D eigenvalue weighted by atomic mass is 32.2. The summed E-state index contributed by atoms with van der Waals surface area (Å²) >= 11 is 0.774. The Bertz CT molecular complexity index is 1210. The maximum absolute atomic E-state index is 12.6. The largest absolute Gasteiger partial charge is 0.379 e. The lowest BCUT2D eigenvalue weighted by molar-refractivity contribution is -0.135. The Balaban J connectivity index is 1.43. The van der Waals surface area contributed by atoms with Crippen LogP contribution in [-0.4, -0.2) is 54.9 Å². The van der Waals surface area contributed by atoms with Crippen molar-refractivity contribution in [3.8, 4) is 5.75 Å². The first kappa shape index (κ1) is 23.1. The van der Waals surface area contributed by atoms with E-state index in [1.807, 2.05) is 6.92 Å². The molecule has 0 unspecified atom stereocenters. The predicted octanol–water partition coefficient (Wildman–Crippen LogP) is 3.42. The van der Waals surface area contributed by atoms with Crippen molar-refractivity contribution in [2.45, 2.75) is 24.7 Å². The molecule has 10 heteroatoms. The second-order valence-corrected chi connectivity index (χ2v) is 10.3. The molecule has 0 aliphatic carbocycles. The quantitative estimate of drug-likeness (QED) is 0.455. The average molecular weight is 487 g/mol. The summed E-state index contributed by atoms with van der Waals surface area (Å²) in [4.78, 5) is 40.1. The summed E-state index contributed by atoms with van der Waals surface area (Å²) < 4.78 is 30.0. The first-order valence-corrected chi connectivity index (χ1v) is 12.6. The molecular weight excluding hydrogens is 464 g/mol. The summed E-state index contributed by atoms with van der Waals surface area (Å²) in [5.74, 6) is -0.621. The van der Waals surface area contributed by atoms with Crippen molar-refractivity contribution in [3.63, 3.8) is 0 Å². The average Bonchev–Trinajstić information content (AvgIpc) is 3.40. The zero-order valence-electron chi connectivity index (χ0n) is 17.9. The van der Waals surface area contributed by atoms with Crippen molar-refractivity contribution in [1.82, 2.24) is 9.80 Å². The van der Waals surface area contributed by atoms with E-state index in [1.165, 1.54) is 30.3 Å². The molecule has 2 aromatic carbocycles. The van der Waals surface area contributed by atoms with Gasteiger partial charge in [0.25, 0.3) is 11.1 Å². The van der Waals surface area contributed by atoms with Gasteiger partial charge in [-0.2, -0.15) is 8.42 Å². The van der Waals surface area contributed by atoms with Crippen molar-refractivity contribution in [2.75, 3.05) is 19.6 Å². The van der Waals surface area contributed by atoms with E-state index in [0.717, 1.165) is 35.1 Å². The number of aryl methyl sites for hydroxylation is 1. The van der Waals surface area contributed by atoms with Crippen LogP contribution in [0, 0.1) is 6.92 Å². The van der Waals surface area contributed by atoms with Crippen LogP contribution >= 0.6 is 11.8 Å². The molecule has 3 amide bonds. The van der Waals surface area contributed by atoms with Crippen LogP contribution in [0.4, 0.5) is 4.79 Å². The molecule has 2 saturated heterocycles. The summed E-state index contributed by atoms with van der Waals surface area (Å²) in [5, 5.41) is -0.483. The molecule has 2 heterocycles. The minimum atomic E-state index is -3.97. The Kier molecular flexibility index (Phi) is 6.57. The van der Waals surface area contributed by atoms with Gasteiger partial charge in [0.05, 0.1) is 4.91 Å². The maximum Gasteiger partial charge on any atom is 0.339 e. The lowest BCUT2D eigenvalue weighted by atomic mass is 10.2. The number of benzene rings is 2. The van der Waals surface area contributed by atoms with E-state index in [1.54, 1.807) is 29.2 Å². The van der Waals surface area contributed by atoms with Gasteiger partial charge < -0.3 is 9.08 Å². The smallest absolute Gasteiger partial charge is 0.339 e. The van der Waals surface area contributed by atoms with Crippen LogP contribution in [0.15, 0.2) is 58.3 Å². The fourth-order valence-corrected chi connectivity index (χ4v) is 5.26. The molecule has 33 heavy (non-hydrogen) atoms. The molecule has 0 atom stereocenters. The number of rotatable bonds is 6. The van der Waals surface area contributed by atoms with Crippen LogP contribution < -0.4 is 4.18 Å². The SMILES string of the molecule is Cc1ccc(S(=O)(=O)Oc2ccc(/C=C3\SC(=O)N(CC(=O)N4CCCC4)C3=O)cc2)cc1. The number of hydrogen-bond donors (Lipinski definition) is 0. The van der Waals surface area contributed by atoms with Crippen LogP contribution in [0.5, 0.6) is 5.75 Å². The Morgan fingerprint density at radius 3 is 2.30 bits per heavy atom.